The van der Waals surface area contributed by atoms with Crippen LogP contribution in [0.25, 0.3) is 22.5 Å². The molecule has 1 aliphatic rings. The molecule has 0 unspecified atom stereocenters. The Morgan fingerprint density at radius 1 is 0.750 bits per heavy atom. The molecule has 0 amide bonds. The Labute approximate surface area is 166 Å². The summed E-state index contributed by atoms with van der Waals surface area (Å²) in [5, 5.41) is 0. The fourth-order valence-corrected chi connectivity index (χ4v) is 4.56. The molecule has 0 radical (unpaired) electrons. The number of hydrogen-bond donors (Lipinski definition) is 0. The van der Waals surface area contributed by atoms with E-state index in [0.29, 0.717) is 0 Å². The van der Waals surface area contributed by atoms with Crippen molar-refractivity contribution in [3.8, 4) is 22.5 Å². The molecule has 0 saturated carbocycles. The molecular formula is C26H24N2. The molecule has 1 aromatic heterocycles. The summed E-state index contributed by atoms with van der Waals surface area (Å²) in [6.07, 6.45) is 2.28. The van der Waals surface area contributed by atoms with Gasteiger partial charge in [-0.15, -0.1) is 0 Å². The lowest BCUT2D eigenvalue weighted by Gasteiger charge is -2.35. The highest BCUT2D eigenvalue weighted by Crippen LogP contribution is 2.44. The lowest BCUT2D eigenvalue weighted by atomic mass is 9.76. The third-order valence-electron chi connectivity index (χ3n) is 6.02. The first-order chi connectivity index (χ1) is 13.8. The minimum absolute atomic E-state index is 0.0733. The van der Waals surface area contributed by atoms with E-state index < -0.39 is 0 Å². The SMILES string of the molecule is C[C@@]1(c2ccccc2)CCCn2c1nc(-c1ccccc1)c2-c1ccccc1. The predicted octanol–water partition coefficient (Wildman–Crippen LogP) is 6.32. The molecule has 0 spiro atoms. The Hall–Kier alpha value is -3.13. The van der Waals surface area contributed by atoms with Crippen LogP contribution in [0.2, 0.25) is 0 Å². The van der Waals surface area contributed by atoms with Gasteiger partial charge in [0.15, 0.2) is 0 Å². The van der Waals surface area contributed by atoms with Gasteiger partial charge in [-0.25, -0.2) is 4.98 Å². The second kappa shape index (κ2) is 6.79. The molecule has 0 fully saturated rings. The summed E-state index contributed by atoms with van der Waals surface area (Å²) in [6, 6.07) is 32.2. The summed E-state index contributed by atoms with van der Waals surface area (Å²) in [4.78, 5) is 5.29. The van der Waals surface area contributed by atoms with Gasteiger partial charge in [-0.1, -0.05) is 91.0 Å². The molecule has 2 nitrogen and oxygen atoms in total. The van der Waals surface area contributed by atoms with Crippen LogP contribution >= 0.6 is 0 Å². The third kappa shape index (κ3) is 2.68. The molecule has 0 saturated heterocycles. The quantitative estimate of drug-likeness (QED) is 0.416. The van der Waals surface area contributed by atoms with Crippen molar-refractivity contribution in [1.82, 2.24) is 9.55 Å². The van der Waals surface area contributed by atoms with E-state index >= 15 is 0 Å². The van der Waals surface area contributed by atoms with E-state index in [1.54, 1.807) is 0 Å². The maximum atomic E-state index is 5.29. The summed E-state index contributed by atoms with van der Waals surface area (Å²) in [5.74, 6) is 1.18. The maximum absolute atomic E-state index is 5.29. The Morgan fingerprint density at radius 3 is 1.96 bits per heavy atom. The summed E-state index contributed by atoms with van der Waals surface area (Å²) >= 11 is 0. The Balaban J connectivity index is 1.79. The zero-order valence-electron chi connectivity index (χ0n) is 16.2. The van der Waals surface area contributed by atoms with Gasteiger partial charge in [0.2, 0.25) is 0 Å². The van der Waals surface area contributed by atoms with Crippen molar-refractivity contribution in [1.29, 1.82) is 0 Å². The van der Waals surface area contributed by atoms with Gasteiger partial charge >= 0.3 is 0 Å². The number of nitrogens with zero attached hydrogens (tertiary/aromatic N) is 2. The molecule has 0 bridgehead atoms. The minimum atomic E-state index is -0.0733. The van der Waals surface area contributed by atoms with Crippen LogP contribution in [-0.2, 0) is 12.0 Å². The van der Waals surface area contributed by atoms with Crippen molar-refractivity contribution in [2.45, 2.75) is 31.7 Å². The van der Waals surface area contributed by atoms with Gasteiger partial charge in [-0.2, -0.15) is 0 Å². The van der Waals surface area contributed by atoms with E-state index in [4.69, 9.17) is 4.98 Å². The first-order valence-electron chi connectivity index (χ1n) is 10.0. The molecule has 3 aromatic carbocycles. The van der Waals surface area contributed by atoms with Gasteiger partial charge in [0.1, 0.15) is 5.82 Å². The molecule has 1 atom stereocenters. The van der Waals surface area contributed by atoms with Crippen LogP contribution in [0.15, 0.2) is 91.0 Å². The van der Waals surface area contributed by atoms with Crippen LogP contribution < -0.4 is 0 Å². The number of rotatable bonds is 3. The van der Waals surface area contributed by atoms with Crippen LogP contribution in [0.1, 0.15) is 31.2 Å². The number of imidazole rings is 1. The Bertz CT molecular complexity index is 1080. The van der Waals surface area contributed by atoms with Crippen molar-refractivity contribution in [2.24, 2.45) is 0 Å². The van der Waals surface area contributed by atoms with Gasteiger partial charge in [0, 0.05) is 17.7 Å². The second-order valence-electron chi connectivity index (χ2n) is 7.82. The molecule has 5 rings (SSSR count). The zero-order valence-corrected chi connectivity index (χ0v) is 16.2. The third-order valence-corrected chi connectivity index (χ3v) is 6.02. The molecule has 0 N–H and O–H groups in total. The van der Waals surface area contributed by atoms with Gasteiger partial charge in [-0.3, -0.25) is 0 Å². The Morgan fingerprint density at radius 2 is 1.32 bits per heavy atom. The largest absolute Gasteiger partial charge is 0.327 e. The van der Waals surface area contributed by atoms with Crippen LogP contribution in [0, 0.1) is 0 Å². The smallest absolute Gasteiger partial charge is 0.120 e. The summed E-state index contributed by atoms with van der Waals surface area (Å²) in [7, 11) is 0. The monoisotopic (exact) mass is 364 g/mol. The highest BCUT2D eigenvalue weighted by molar-refractivity contribution is 5.79. The molecule has 2 heterocycles. The van der Waals surface area contributed by atoms with Crippen molar-refractivity contribution in [3.05, 3.63) is 102 Å². The predicted molar refractivity (Wildman–Crippen MR) is 115 cm³/mol. The molecule has 138 valence electrons. The average Bonchev–Trinajstić information content (AvgIpc) is 3.17. The molecule has 0 aliphatic carbocycles. The lowest BCUT2D eigenvalue weighted by Crippen LogP contribution is -2.32. The number of aromatic nitrogens is 2. The van der Waals surface area contributed by atoms with Crippen LogP contribution in [0.3, 0.4) is 0 Å². The molecular weight excluding hydrogens is 340 g/mol. The lowest BCUT2D eigenvalue weighted by molar-refractivity contribution is 0.379. The minimum Gasteiger partial charge on any atom is -0.327 e. The van der Waals surface area contributed by atoms with Crippen LogP contribution in [0.4, 0.5) is 0 Å². The van der Waals surface area contributed by atoms with Crippen LogP contribution in [-0.4, -0.2) is 9.55 Å². The summed E-state index contributed by atoms with van der Waals surface area (Å²) in [6.45, 7) is 3.37. The van der Waals surface area contributed by atoms with Gasteiger partial charge in [-0.05, 0) is 25.3 Å². The second-order valence-corrected chi connectivity index (χ2v) is 7.82. The first-order valence-corrected chi connectivity index (χ1v) is 10.0. The maximum Gasteiger partial charge on any atom is 0.120 e. The molecule has 1 aliphatic heterocycles. The molecule has 4 aromatic rings. The Kier molecular flexibility index (Phi) is 4.12. The molecule has 2 heteroatoms. The van der Waals surface area contributed by atoms with E-state index in [-0.39, 0.29) is 5.41 Å². The fourth-order valence-electron chi connectivity index (χ4n) is 4.56. The normalized spacial score (nSPS) is 18.6. The molecule has 28 heavy (non-hydrogen) atoms. The van der Waals surface area contributed by atoms with E-state index in [0.717, 1.165) is 25.1 Å². The van der Waals surface area contributed by atoms with Gasteiger partial charge in [0.05, 0.1) is 16.8 Å². The van der Waals surface area contributed by atoms with E-state index in [9.17, 15) is 0 Å². The van der Waals surface area contributed by atoms with Crippen molar-refractivity contribution >= 4 is 0 Å². The van der Waals surface area contributed by atoms with Crippen LogP contribution in [0.5, 0.6) is 0 Å². The van der Waals surface area contributed by atoms with Crippen molar-refractivity contribution in [3.63, 3.8) is 0 Å². The highest BCUT2D eigenvalue weighted by Gasteiger charge is 2.38. The summed E-state index contributed by atoms with van der Waals surface area (Å²) < 4.78 is 2.47. The standard InChI is InChI=1S/C26H24N2/c1-26(22-16-9-4-10-17-22)18-11-19-28-24(21-14-7-3-8-15-21)23(27-25(26)28)20-12-5-2-6-13-20/h2-10,12-17H,11,18-19H2,1H3/t26-/m0/s1. The van der Waals surface area contributed by atoms with Crippen molar-refractivity contribution < 1.29 is 0 Å². The zero-order chi connectivity index (χ0) is 19.0. The van der Waals surface area contributed by atoms with E-state index in [1.807, 2.05) is 0 Å². The van der Waals surface area contributed by atoms with Crippen molar-refractivity contribution in [2.75, 3.05) is 0 Å². The average molecular weight is 364 g/mol. The van der Waals surface area contributed by atoms with Gasteiger partial charge in [0.25, 0.3) is 0 Å². The topological polar surface area (TPSA) is 17.8 Å². The first kappa shape index (κ1) is 17.0. The number of fused-ring (bicyclic) bond motifs is 1. The number of benzene rings is 3. The fraction of sp³-hybridized carbons (Fsp3) is 0.192. The van der Waals surface area contributed by atoms with E-state index in [1.165, 1.54) is 28.2 Å². The summed E-state index contributed by atoms with van der Waals surface area (Å²) in [5.41, 5.74) is 6.02. The van der Waals surface area contributed by atoms with E-state index in [2.05, 4.69) is 102 Å². The van der Waals surface area contributed by atoms with Gasteiger partial charge < -0.3 is 4.57 Å². The highest BCUT2D eigenvalue weighted by atomic mass is 15.1. The number of hydrogen-bond acceptors (Lipinski definition) is 1.